The molecule has 2 N–H and O–H groups in total. The number of hydrogen-bond donors (Lipinski definition) is 2. The Labute approximate surface area is 179 Å². The van der Waals surface area contributed by atoms with Crippen molar-refractivity contribution < 1.29 is 4.79 Å². The van der Waals surface area contributed by atoms with Crippen molar-refractivity contribution in [3.63, 3.8) is 0 Å². The lowest BCUT2D eigenvalue weighted by Crippen LogP contribution is -2.46. The number of hydrogen-bond acceptors (Lipinski definition) is 5. The first kappa shape index (κ1) is 19.2. The highest BCUT2D eigenvalue weighted by Gasteiger charge is 2.31. The number of pyridine rings is 1. The molecule has 0 spiro atoms. The van der Waals surface area contributed by atoms with Crippen LogP contribution in [0.2, 0.25) is 0 Å². The SMILES string of the molecule is O=C(NCc1csc(Cc2ccccc2)n1)c1ccc2n(c1=O)C[C@@H]1CNC[C@H]2C1. The second-order valence-electron chi connectivity index (χ2n) is 8.12. The highest BCUT2D eigenvalue weighted by atomic mass is 32.1. The first-order valence-electron chi connectivity index (χ1n) is 10.4. The van der Waals surface area contributed by atoms with Gasteiger partial charge in [0.15, 0.2) is 0 Å². The monoisotopic (exact) mass is 420 g/mol. The summed E-state index contributed by atoms with van der Waals surface area (Å²) in [6, 6.07) is 13.8. The highest BCUT2D eigenvalue weighted by molar-refractivity contribution is 7.09. The van der Waals surface area contributed by atoms with Gasteiger partial charge in [-0.15, -0.1) is 11.3 Å². The quantitative estimate of drug-likeness (QED) is 0.665. The van der Waals surface area contributed by atoms with Gasteiger partial charge >= 0.3 is 0 Å². The van der Waals surface area contributed by atoms with Crippen LogP contribution in [0.15, 0.2) is 52.6 Å². The van der Waals surface area contributed by atoms with Crippen LogP contribution in [0.25, 0.3) is 0 Å². The lowest BCUT2D eigenvalue weighted by molar-refractivity contribution is 0.0947. The van der Waals surface area contributed by atoms with Gasteiger partial charge in [-0.25, -0.2) is 4.98 Å². The summed E-state index contributed by atoms with van der Waals surface area (Å²) >= 11 is 1.59. The summed E-state index contributed by atoms with van der Waals surface area (Å²) < 4.78 is 1.81. The number of aromatic nitrogens is 2. The van der Waals surface area contributed by atoms with Crippen molar-refractivity contribution >= 4 is 17.2 Å². The number of benzene rings is 1. The zero-order chi connectivity index (χ0) is 20.5. The van der Waals surface area contributed by atoms with Gasteiger partial charge in [0.2, 0.25) is 0 Å². The van der Waals surface area contributed by atoms with Crippen LogP contribution in [0.4, 0.5) is 0 Å². The van der Waals surface area contributed by atoms with Crippen LogP contribution in [0.1, 0.15) is 44.7 Å². The second-order valence-corrected chi connectivity index (χ2v) is 9.06. The van der Waals surface area contributed by atoms with E-state index in [1.807, 2.05) is 34.2 Å². The van der Waals surface area contributed by atoms with Gasteiger partial charge in [0.25, 0.3) is 11.5 Å². The van der Waals surface area contributed by atoms with Crippen molar-refractivity contribution in [1.82, 2.24) is 20.2 Å². The van der Waals surface area contributed by atoms with Crippen LogP contribution in [0.3, 0.4) is 0 Å². The van der Waals surface area contributed by atoms with E-state index in [9.17, 15) is 9.59 Å². The molecule has 2 aliphatic rings. The lowest BCUT2D eigenvalue weighted by Gasteiger charge is -2.37. The fourth-order valence-corrected chi connectivity index (χ4v) is 5.34. The molecule has 2 bridgehead atoms. The number of carbonyl (C=O) groups is 1. The molecule has 2 aromatic heterocycles. The lowest BCUT2D eigenvalue weighted by atomic mass is 9.84. The Morgan fingerprint density at radius 2 is 2.07 bits per heavy atom. The van der Waals surface area contributed by atoms with Gasteiger partial charge in [-0.1, -0.05) is 30.3 Å². The van der Waals surface area contributed by atoms with Crippen LogP contribution in [0, 0.1) is 5.92 Å². The molecule has 4 heterocycles. The van der Waals surface area contributed by atoms with Crippen LogP contribution in [-0.4, -0.2) is 28.5 Å². The van der Waals surface area contributed by atoms with Gasteiger partial charge in [0, 0.05) is 36.5 Å². The summed E-state index contributed by atoms with van der Waals surface area (Å²) in [7, 11) is 0. The maximum atomic E-state index is 13.0. The summed E-state index contributed by atoms with van der Waals surface area (Å²) in [5.41, 5.74) is 3.11. The number of rotatable bonds is 5. The number of fused-ring (bicyclic) bond motifs is 4. The first-order chi connectivity index (χ1) is 14.7. The third kappa shape index (κ3) is 3.82. The molecule has 0 saturated carbocycles. The Morgan fingerprint density at radius 3 is 2.93 bits per heavy atom. The fourth-order valence-electron chi connectivity index (χ4n) is 4.51. The maximum Gasteiger partial charge on any atom is 0.263 e. The van der Waals surface area contributed by atoms with E-state index < -0.39 is 0 Å². The van der Waals surface area contributed by atoms with Gasteiger partial charge in [-0.2, -0.15) is 0 Å². The number of nitrogens with one attached hydrogen (secondary N) is 2. The average Bonchev–Trinajstić information content (AvgIpc) is 3.21. The molecule has 7 heteroatoms. The molecule has 0 radical (unpaired) electrons. The molecule has 1 amide bonds. The van der Waals surface area contributed by atoms with Crippen LogP contribution < -0.4 is 16.2 Å². The van der Waals surface area contributed by atoms with Crippen molar-refractivity contribution in [2.24, 2.45) is 5.92 Å². The van der Waals surface area contributed by atoms with Crippen molar-refractivity contribution in [2.75, 3.05) is 13.1 Å². The number of amides is 1. The van der Waals surface area contributed by atoms with Crippen LogP contribution in [0.5, 0.6) is 0 Å². The van der Waals surface area contributed by atoms with E-state index in [1.165, 1.54) is 5.56 Å². The Bertz CT molecular complexity index is 1120. The molecule has 1 saturated heterocycles. The summed E-state index contributed by atoms with van der Waals surface area (Å²) in [5.74, 6) is 0.493. The fraction of sp³-hybridized carbons (Fsp3) is 0.348. The zero-order valence-electron chi connectivity index (χ0n) is 16.6. The van der Waals surface area contributed by atoms with Crippen LogP contribution in [-0.2, 0) is 19.5 Å². The van der Waals surface area contributed by atoms with Crippen molar-refractivity contribution in [2.45, 2.75) is 31.8 Å². The summed E-state index contributed by atoms with van der Waals surface area (Å²) in [6.45, 7) is 2.85. The molecule has 1 fully saturated rings. The molecule has 6 nitrogen and oxygen atoms in total. The Balaban J connectivity index is 1.26. The van der Waals surface area contributed by atoms with E-state index in [1.54, 1.807) is 17.4 Å². The van der Waals surface area contributed by atoms with Gasteiger partial charge in [0.1, 0.15) is 5.56 Å². The van der Waals surface area contributed by atoms with E-state index in [-0.39, 0.29) is 17.0 Å². The molecular formula is C23H24N4O2S. The maximum absolute atomic E-state index is 13.0. The zero-order valence-corrected chi connectivity index (χ0v) is 17.5. The number of thiazole rings is 1. The van der Waals surface area contributed by atoms with E-state index in [0.29, 0.717) is 24.9 Å². The molecule has 2 aliphatic heterocycles. The minimum Gasteiger partial charge on any atom is -0.346 e. The van der Waals surface area contributed by atoms with Gasteiger partial charge in [-0.3, -0.25) is 9.59 Å². The predicted octanol–water partition coefficient (Wildman–Crippen LogP) is 2.53. The average molecular weight is 421 g/mol. The van der Waals surface area contributed by atoms with Crippen molar-refractivity contribution in [3.8, 4) is 0 Å². The van der Waals surface area contributed by atoms with Gasteiger partial charge < -0.3 is 15.2 Å². The number of carbonyl (C=O) groups excluding carboxylic acids is 1. The van der Waals surface area contributed by atoms with Gasteiger partial charge in [0.05, 0.1) is 17.2 Å². The minimum atomic E-state index is -0.332. The Hall–Kier alpha value is -2.77. The van der Waals surface area contributed by atoms with Gasteiger partial charge in [-0.05, 0) is 36.6 Å². The molecule has 5 rings (SSSR count). The first-order valence-corrected chi connectivity index (χ1v) is 11.2. The van der Waals surface area contributed by atoms with E-state index in [4.69, 9.17) is 0 Å². The molecule has 0 aliphatic carbocycles. The summed E-state index contributed by atoms with van der Waals surface area (Å²) in [4.78, 5) is 30.3. The Morgan fingerprint density at radius 1 is 1.20 bits per heavy atom. The molecule has 30 heavy (non-hydrogen) atoms. The normalized spacial score (nSPS) is 19.9. The smallest absolute Gasteiger partial charge is 0.263 e. The largest absolute Gasteiger partial charge is 0.346 e. The number of nitrogens with zero attached hydrogens (tertiary/aromatic N) is 2. The standard InChI is InChI=1S/C23H24N4O2S/c28-22(25-12-18-14-30-21(26-18)9-15-4-2-1-3-5-15)19-6-7-20-17-8-16(10-24-11-17)13-27(20)23(19)29/h1-7,14,16-17,24H,8-13H2,(H,25,28)/t16-,17+/m0/s1. The molecule has 1 aromatic carbocycles. The van der Waals surface area contributed by atoms with Crippen molar-refractivity contribution in [3.05, 3.63) is 85.7 Å². The summed E-state index contributed by atoms with van der Waals surface area (Å²) in [6.07, 6.45) is 1.90. The molecule has 2 atom stereocenters. The van der Waals surface area contributed by atoms with E-state index in [2.05, 4.69) is 27.8 Å². The second kappa shape index (κ2) is 8.16. The minimum absolute atomic E-state index is 0.176. The highest BCUT2D eigenvalue weighted by Crippen LogP contribution is 2.31. The third-order valence-corrected chi connectivity index (χ3v) is 6.88. The van der Waals surface area contributed by atoms with E-state index in [0.717, 1.165) is 42.3 Å². The van der Waals surface area contributed by atoms with Crippen LogP contribution >= 0.6 is 11.3 Å². The third-order valence-electron chi connectivity index (χ3n) is 5.98. The Kier molecular flexibility index (Phi) is 5.23. The molecule has 154 valence electrons. The van der Waals surface area contributed by atoms with Crippen molar-refractivity contribution in [1.29, 1.82) is 0 Å². The molecular weight excluding hydrogens is 396 g/mol. The molecule has 3 aromatic rings. The summed E-state index contributed by atoms with van der Waals surface area (Å²) in [5, 5.41) is 9.29. The number of piperidine rings is 1. The molecule has 0 unspecified atom stereocenters. The predicted molar refractivity (Wildman–Crippen MR) is 117 cm³/mol. The van der Waals surface area contributed by atoms with E-state index >= 15 is 0 Å². The topological polar surface area (TPSA) is 76.0 Å².